The number of para-hydroxylation sites is 3. The molecule has 30 heavy (non-hydrogen) atoms. The molecular weight excluding hydrogens is 378 g/mol. The number of ether oxygens (including phenoxy) is 2. The average molecular weight is 399 g/mol. The lowest BCUT2D eigenvalue weighted by Gasteiger charge is -2.13. The second-order valence-corrected chi connectivity index (χ2v) is 6.79. The van der Waals surface area contributed by atoms with Crippen LogP contribution in [0.25, 0.3) is 11.1 Å². The Labute approximate surface area is 174 Å². The van der Waals surface area contributed by atoms with Gasteiger partial charge in [-0.2, -0.15) is 10.2 Å². The molecule has 0 unspecified atom stereocenters. The van der Waals surface area contributed by atoms with Gasteiger partial charge in [-0.25, -0.2) is 0 Å². The minimum Gasteiger partial charge on any atom is -0.489 e. The highest BCUT2D eigenvalue weighted by Gasteiger charge is 2.09. The Kier molecular flexibility index (Phi) is 5.81. The minimum absolute atomic E-state index is 0.00876. The van der Waals surface area contributed by atoms with Gasteiger partial charge in [-0.05, 0) is 42.3 Å². The van der Waals surface area contributed by atoms with E-state index in [0.29, 0.717) is 24.9 Å². The molecule has 0 saturated heterocycles. The first kappa shape index (κ1) is 19.3. The van der Waals surface area contributed by atoms with Crippen LogP contribution >= 0.6 is 0 Å². The van der Waals surface area contributed by atoms with Crippen LogP contribution in [-0.4, -0.2) is 11.6 Å². The molecule has 0 bridgehead atoms. The molecule has 0 fully saturated rings. The number of aromatic nitrogens is 1. The van der Waals surface area contributed by atoms with E-state index >= 15 is 0 Å². The number of hydrogen-bond donors (Lipinski definition) is 1. The summed E-state index contributed by atoms with van der Waals surface area (Å²) < 4.78 is 17.2. The fraction of sp³-hybridized carbons (Fsp3) is 0.167. The predicted molar refractivity (Wildman–Crippen MR) is 114 cm³/mol. The van der Waals surface area contributed by atoms with Crippen LogP contribution in [0.2, 0.25) is 0 Å². The van der Waals surface area contributed by atoms with Gasteiger partial charge in [0.2, 0.25) is 0 Å². The molecule has 0 atom stereocenters. The quantitative estimate of drug-likeness (QED) is 0.437. The summed E-state index contributed by atoms with van der Waals surface area (Å²) in [5.41, 5.74) is 4.50. The van der Waals surface area contributed by atoms with Gasteiger partial charge in [0.1, 0.15) is 29.7 Å². The smallest absolute Gasteiger partial charge is 0.295 e. The summed E-state index contributed by atoms with van der Waals surface area (Å²) in [4.78, 5) is 4.42. The highest BCUT2D eigenvalue weighted by Crippen LogP contribution is 2.25. The van der Waals surface area contributed by atoms with Gasteiger partial charge in [-0.15, -0.1) is 0 Å². The van der Waals surface area contributed by atoms with Crippen LogP contribution in [-0.2, 0) is 13.2 Å². The molecule has 1 aromatic heterocycles. The minimum atomic E-state index is 0.00876. The Hall–Kier alpha value is -3.98. The summed E-state index contributed by atoms with van der Waals surface area (Å²) in [5.74, 6) is 1.45. The van der Waals surface area contributed by atoms with E-state index in [1.54, 1.807) is 0 Å². The maximum Gasteiger partial charge on any atom is 0.295 e. The van der Waals surface area contributed by atoms with Crippen molar-refractivity contribution in [2.75, 3.05) is 11.9 Å². The molecule has 150 valence electrons. The number of benzene rings is 3. The zero-order valence-corrected chi connectivity index (χ0v) is 16.6. The van der Waals surface area contributed by atoms with Crippen molar-refractivity contribution in [1.82, 2.24) is 4.98 Å². The number of rotatable bonds is 8. The molecule has 1 N–H and O–H groups in total. The van der Waals surface area contributed by atoms with Gasteiger partial charge in [0.05, 0.1) is 0 Å². The third-order valence-corrected chi connectivity index (χ3v) is 4.60. The molecule has 0 radical (unpaired) electrons. The monoisotopic (exact) mass is 399 g/mol. The number of nitrogens with one attached hydrogen (secondary N) is 1. The number of nitrogens with zero attached hydrogens (tertiary/aromatic N) is 2. The molecule has 3 aromatic carbocycles. The number of oxazole rings is 1. The van der Waals surface area contributed by atoms with Crippen molar-refractivity contribution in [2.24, 2.45) is 0 Å². The summed E-state index contributed by atoms with van der Waals surface area (Å²) >= 11 is 0. The summed E-state index contributed by atoms with van der Waals surface area (Å²) in [6.07, 6.45) is 0. The highest BCUT2D eigenvalue weighted by atomic mass is 16.5. The van der Waals surface area contributed by atoms with Gasteiger partial charge < -0.3 is 19.2 Å². The van der Waals surface area contributed by atoms with Gasteiger partial charge >= 0.3 is 0 Å². The fourth-order valence-electron chi connectivity index (χ4n) is 3.17. The van der Waals surface area contributed by atoms with Crippen LogP contribution in [0, 0.1) is 18.3 Å². The first-order chi connectivity index (χ1) is 14.7. The normalized spacial score (nSPS) is 10.5. The van der Waals surface area contributed by atoms with E-state index in [1.807, 2.05) is 79.7 Å². The molecular formula is C24H21N3O3. The van der Waals surface area contributed by atoms with Crippen LogP contribution in [0.4, 0.5) is 6.01 Å². The van der Waals surface area contributed by atoms with E-state index in [2.05, 4.69) is 10.3 Å². The molecule has 0 aliphatic heterocycles. The molecule has 1 heterocycles. The van der Waals surface area contributed by atoms with E-state index in [-0.39, 0.29) is 6.61 Å². The molecule has 4 rings (SSSR count). The van der Waals surface area contributed by atoms with Crippen molar-refractivity contribution in [3.05, 3.63) is 83.4 Å². The summed E-state index contributed by atoms with van der Waals surface area (Å²) in [6.45, 7) is 2.87. The van der Waals surface area contributed by atoms with Gasteiger partial charge in [0.15, 0.2) is 12.2 Å². The second-order valence-electron chi connectivity index (χ2n) is 6.79. The second kappa shape index (κ2) is 9.01. The zero-order valence-electron chi connectivity index (χ0n) is 16.6. The Morgan fingerprint density at radius 3 is 2.77 bits per heavy atom. The van der Waals surface area contributed by atoms with E-state index in [4.69, 9.17) is 19.2 Å². The van der Waals surface area contributed by atoms with Gasteiger partial charge in [0.25, 0.3) is 6.01 Å². The summed E-state index contributed by atoms with van der Waals surface area (Å²) in [7, 11) is 0. The van der Waals surface area contributed by atoms with E-state index < -0.39 is 0 Å². The summed E-state index contributed by atoms with van der Waals surface area (Å²) in [6, 6.07) is 23.8. The SMILES string of the molecule is Cc1cccc(COc2cccc(CNc3nc4ccccc4o3)c2)c1OCC#N. The summed E-state index contributed by atoms with van der Waals surface area (Å²) in [5, 5.41) is 12.0. The van der Waals surface area contributed by atoms with Crippen molar-refractivity contribution in [1.29, 1.82) is 5.26 Å². The number of anilines is 1. The van der Waals surface area contributed by atoms with Crippen LogP contribution < -0.4 is 14.8 Å². The number of hydrogen-bond acceptors (Lipinski definition) is 6. The predicted octanol–water partition coefficient (Wildman–Crippen LogP) is 5.23. The zero-order chi connectivity index (χ0) is 20.8. The van der Waals surface area contributed by atoms with Crippen LogP contribution in [0.3, 0.4) is 0 Å². The molecule has 6 heteroatoms. The highest BCUT2D eigenvalue weighted by molar-refractivity contribution is 5.74. The lowest BCUT2D eigenvalue weighted by atomic mass is 10.1. The Morgan fingerprint density at radius 1 is 1.03 bits per heavy atom. The first-order valence-corrected chi connectivity index (χ1v) is 9.62. The largest absolute Gasteiger partial charge is 0.489 e. The number of nitriles is 1. The van der Waals surface area contributed by atoms with E-state index in [0.717, 1.165) is 33.5 Å². The van der Waals surface area contributed by atoms with E-state index in [9.17, 15) is 0 Å². The van der Waals surface area contributed by atoms with Crippen molar-refractivity contribution >= 4 is 17.1 Å². The third kappa shape index (κ3) is 4.53. The van der Waals surface area contributed by atoms with E-state index in [1.165, 1.54) is 0 Å². The first-order valence-electron chi connectivity index (χ1n) is 9.62. The number of aryl methyl sites for hydroxylation is 1. The van der Waals surface area contributed by atoms with Crippen molar-refractivity contribution < 1.29 is 13.9 Å². The van der Waals surface area contributed by atoms with Gasteiger partial charge in [0, 0.05) is 12.1 Å². The molecule has 6 nitrogen and oxygen atoms in total. The lowest BCUT2D eigenvalue weighted by molar-refractivity contribution is 0.291. The Morgan fingerprint density at radius 2 is 1.90 bits per heavy atom. The molecule has 0 spiro atoms. The molecule has 4 aromatic rings. The molecule has 0 amide bonds. The third-order valence-electron chi connectivity index (χ3n) is 4.60. The van der Waals surface area contributed by atoms with Crippen LogP contribution in [0.5, 0.6) is 11.5 Å². The maximum atomic E-state index is 8.80. The van der Waals surface area contributed by atoms with Crippen LogP contribution in [0.1, 0.15) is 16.7 Å². The van der Waals surface area contributed by atoms with Crippen molar-refractivity contribution in [2.45, 2.75) is 20.1 Å². The average Bonchev–Trinajstić information content (AvgIpc) is 3.19. The fourth-order valence-corrected chi connectivity index (χ4v) is 3.17. The number of fused-ring (bicyclic) bond motifs is 1. The molecule has 0 aliphatic rings. The van der Waals surface area contributed by atoms with Crippen molar-refractivity contribution in [3.63, 3.8) is 0 Å². The topological polar surface area (TPSA) is 80.3 Å². The lowest BCUT2D eigenvalue weighted by Crippen LogP contribution is -2.04. The van der Waals surface area contributed by atoms with Crippen molar-refractivity contribution in [3.8, 4) is 17.6 Å². The van der Waals surface area contributed by atoms with Gasteiger partial charge in [-0.1, -0.05) is 42.5 Å². The molecule has 0 aliphatic carbocycles. The standard InChI is InChI=1S/C24H21N3O3/c1-17-6-4-8-19(23(17)28-13-12-25)16-29-20-9-5-7-18(14-20)15-26-24-27-21-10-2-3-11-22(21)30-24/h2-11,14H,13,15-16H2,1H3,(H,26,27). The Bertz CT molecular complexity index is 1160. The van der Waals surface area contributed by atoms with Gasteiger partial charge in [-0.3, -0.25) is 0 Å². The maximum absolute atomic E-state index is 8.80. The van der Waals surface area contributed by atoms with Crippen LogP contribution in [0.15, 0.2) is 71.1 Å². The Balaban J connectivity index is 1.40. The molecule has 0 saturated carbocycles.